The molecule has 1 aliphatic rings. The number of carbonyl (C=O) groups excluding carboxylic acids is 1. The summed E-state index contributed by atoms with van der Waals surface area (Å²) in [5.74, 6) is 1.42. The maximum Gasteiger partial charge on any atom is 0.262 e. The molecule has 0 aliphatic carbocycles. The van der Waals surface area contributed by atoms with Crippen LogP contribution < -0.4 is 10.1 Å². The number of imidazole rings is 1. The Hall–Kier alpha value is -2.44. The van der Waals surface area contributed by atoms with Crippen molar-refractivity contribution in [2.75, 3.05) is 17.7 Å². The van der Waals surface area contributed by atoms with E-state index < -0.39 is 0 Å². The largest absolute Gasteiger partial charge is 0.484 e. The lowest BCUT2D eigenvalue weighted by Gasteiger charge is -2.08. The Morgan fingerprint density at radius 2 is 2.12 bits per heavy atom. The quantitative estimate of drug-likeness (QED) is 0.710. The van der Waals surface area contributed by atoms with E-state index in [9.17, 15) is 4.79 Å². The average molecular weight is 386 g/mol. The molecule has 0 fully saturated rings. The summed E-state index contributed by atoms with van der Waals surface area (Å²) in [6.45, 7) is 0.931. The Balaban J connectivity index is 1.35. The Kier molecular flexibility index (Phi) is 4.86. The van der Waals surface area contributed by atoms with Crippen molar-refractivity contribution in [2.45, 2.75) is 11.7 Å². The smallest absolute Gasteiger partial charge is 0.262 e. The van der Waals surface area contributed by atoms with Crippen LogP contribution in [-0.2, 0) is 11.3 Å². The third-order valence-electron chi connectivity index (χ3n) is 3.93. The Bertz CT molecular complexity index is 919. The maximum atomic E-state index is 12.0. The van der Waals surface area contributed by atoms with E-state index >= 15 is 0 Å². The fraction of sp³-hybridized carbons (Fsp3) is 0.158. The number of nitrogens with one attached hydrogen (secondary N) is 1. The van der Waals surface area contributed by atoms with E-state index in [-0.39, 0.29) is 12.5 Å². The molecule has 0 saturated carbocycles. The highest BCUT2D eigenvalue weighted by Gasteiger charge is 2.15. The number of thioether (sulfide) groups is 1. The van der Waals surface area contributed by atoms with Gasteiger partial charge in [0.1, 0.15) is 5.75 Å². The first-order valence-electron chi connectivity index (χ1n) is 8.16. The van der Waals surface area contributed by atoms with Gasteiger partial charge in [0, 0.05) is 34.8 Å². The van der Waals surface area contributed by atoms with Crippen molar-refractivity contribution in [3.63, 3.8) is 0 Å². The van der Waals surface area contributed by atoms with Gasteiger partial charge in [0.05, 0.1) is 5.69 Å². The highest BCUT2D eigenvalue weighted by molar-refractivity contribution is 7.99. The normalized spacial score (nSPS) is 12.7. The summed E-state index contributed by atoms with van der Waals surface area (Å²) in [7, 11) is 0. The molecule has 7 heteroatoms. The third-order valence-corrected chi connectivity index (χ3v) is 5.14. The minimum absolute atomic E-state index is 0.0763. The van der Waals surface area contributed by atoms with Crippen LogP contribution in [0.15, 0.2) is 59.9 Å². The number of halogens is 1. The van der Waals surface area contributed by atoms with Crippen LogP contribution in [-0.4, -0.2) is 27.8 Å². The number of hydrogen-bond acceptors (Lipinski definition) is 4. The van der Waals surface area contributed by atoms with Gasteiger partial charge >= 0.3 is 0 Å². The van der Waals surface area contributed by atoms with E-state index in [2.05, 4.69) is 21.1 Å². The number of fused-ring (bicyclic) bond motifs is 1. The van der Waals surface area contributed by atoms with E-state index in [4.69, 9.17) is 16.3 Å². The molecule has 1 aliphatic heterocycles. The highest BCUT2D eigenvalue weighted by Crippen LogP contribution is 2.29. The van der Waals surface area contributed by atoms with Crippen LogP contribution in [0.4, 0.5) is 5.69 Å². The zero-order chi connectivity index (χ0) is 17.9. The Morgan fingerprint density at radius 3 is 2.88 bits per heavy atom. The second-order valence-electron chi connectivity index (χ2n) is 5.82. The Morgan fingerprint density at radius 1 is 1.27 bits per heavy atom. The van der Waals surface area contributed by atoms with Crippen LogP contribution in [0, 0.1) is 0 Å². The monoisotopic (exact) mass is 385 g/mol. The van der Waals surface area contributed by atoms with E-state index in [1.807, 2.05) is 24.3 Å². The third kappa shape index (κ3) is 3.86. The summed E-state index contributed by atoms with van der Waals surface area (Å²) >= 11 is 7.66. The lowest BCUT2D eigenvalue weighted by Crippen LogP contribution is -2.20. The maximum absolute atomic E-state index is 12.0. The lowest BCUT2D eigenvalue weighted by molar-refractivity contribution is -0.118. The molecule has 0 bridgehead atoms. The number of hydrogen-bond donors (Lipinski definition) is 1. The number of aromatic nitrogens is 2. The van der Waals surface area contributed by atoms with Crippen molar-refractivity contribution in [3.8, 4) is 17.0 Å². The van der Waals surface area contributed by atoms with E-state index in [0.29, 0.717) is 10.8 Å². The van der Waals surface area contributed by atoms with Gasteiger partial charge in [0.25, 0.3) is 5.91 Å². The molecule has 132 valence electrons. The Labute approximate surface area is 160 Å². The molecule has 1 amide bonds. The summed E-state index contributed by atoms with van der Waals surface area (Å²) in [4.78, 5) is 16.7. The first-order chi connectivity index (χ1) is 12.7. The van der Waals surface area contributed by atoms with Crippen LogP contribution >= 0.6 is 23.4 Å². The number of ether oxygens (including phenoxy) is 1. The van der Waals surface area contributed by atoms with Crippen LogP contribution in [0.5, 0.6) is 5.75 Å². The SMILES string of the molecule is O=C(COc1cccc(Cl)c1)Nc1ccc(-c2cn3c(n2)SCC3)cc1. The van der Waals surface area contributed by atoms with Crippen molar-refractivity contribution in [3.05, 3.63) is 59.8 Å². The number of amides is 1. The number of carbonyl (C=O) groups is 1. The summed E-state index contributed by atoms with van der Waals surface area (Å²) in [5.41, 5.74) is 2.70. The van der Waals surface area contributed by atoms with E-state index in [1.165, 1.54) is 0 Å². The summed E-state index contributed by atoms with van der Waals surface area (Å²) < 4.78 is 7.61. The number of benzene rings is 2. The minimum Gasteiger partial charge on any atom is -0.484 e. The molecular formula is C19H16ClN3O2S. The molecule has 26 heavy (non-hydrogen) atoms. The second kappa shape index (κ2) is 7.43. The molecule has 0 unspecified atom stereocenters. The first-order valence-corrected chi connectivity index (χ1v) is 9.52. The molecular weight excluding hydrogens is 370 g/mol. The first kappa shape index (κ1) is 17.0. The van der Waals surface area contributed by atoms with Crippen molar-refractivity contribution < 1.29 is 9.53 Å². The predicted octanol–water partition coefficient (Wildman–Crippen LogP) is 4.33. The van der Waals surface area contributed by atoms with Crippen molar-refractivity contribution in [1.29, 1.82) is 0 Å². The van der Waals surface area contributed by atoms with Crippen molar-refractivity contribution in [1.82, 2.24) is 9.55 Å². The number of rotatable bonds is 5. The van der Waals surface area contributed by atoms with Crippen LogP contribution in [0.3, 0.4) is 0 Å². The van der Waals surface area contributed by atoms with Crippen LogP contribution in [0.1, 0.15) is 0 Å². The number of anilines is 1. The van der Waals surface area contributed by atoms with Crippen molar-refractivity contribution in [2.24, 2.45) is 0 Å². The van der Waals surface area contributed by atoms with E-state index in [0.717, 1.165) is 34.4 Å². The highest BCUT2D eigenvalue weighted by atomic mass is 35.5. The molecule has 0 spiro atoms. The molecule has 0 saturated heterocycles. The van der Waals surface area contributed by atoms with Gasteiger partial charge < -0.3 is 14.6 Å². The second-order valence-corrected chi connectivity index (χ2v) is 7.32. The molecule has 0 atom stereocenters. The van der Waals surface area contributed by atoms with Gasteiger partial charge in [-0.05, 0) is 30.3 Å². The van der Waals surface area contributed by atoms with Crippen molar-refractivity contribution >= 4 is 35.0 Å². The molecule has 1 N–H and O–H groups in total. The molecule has 2 aromatic carbocycles. The minimum atomic E-state index is -0.227. The zero-order valence-electron chi connectivity index (χ0n) is 13.8. The fourth-order valence-corrected chi connectivity index (χ4v) is 3.80. The molecule has 4 rings (SSSR count). The molecule has 1 aromatic heterocycles. The molecule has 3 aromatic rings. The fourth-order valence-electron chi connectivity index (χ4n) is 2.68. The summed E-state index contributed by atoms with van der Waals surface area (Å²) in [6, 6.07) is 14.6. The predicted molar refractivity (Wildman–Crippen MR) is 104 cm³/mol. The van der Waals surface area contributed by atoms with Gasteiger partial charge in [-0.2, -0.15) is 0 Å². The average Bonchev–Trinajstić information content (AvgIpc) is 3.23. The number of aryl methyl sites for hydroxylation is 1. The molecule has 2 heterocycles. The zero-order valence-corrected chi connectivity index (χ0v) is 15.4. The van der Waals surface area contributed by atoms with E-state index in [1.54, 1.807) is 36.0 Å². The van der Waals surface area contributed by atoms with Gasteiger partial charge in [0.15, 0.2) is 11.8 Å². The van der Waals surface area contributed by atoms with Gasteiger partial charge in [0.2, 0.25) is 0 Å². The lowest BCUT2D eigenvalue weighted by atomic mass is 10.1. The van der Waals surface area contributed by atoms with Gasteiger partial charge in [-0.3, -0.25) is 4.79 Å². The molecule has 5 nitrogen and oxygen atoms in total. The van der Waals surface area contributed by atoms with Gasteiger partial charge in [-0.25, -0.2) is 4.98 Å². The topological polar surface area (TPSA) is 56.1 Å². The van der Waals surface area contributed by atoms with Gasteiger partial charge in [-0.1, -0.05) is 41.6 Å². The van der Waals surface area contributed by atoms with Gasteiger partial charge in [-0.15, -0.1) is 0 Å². The molecule has 0 radical (unpaired) electrons. The van der Waals surface area contributed by atoms with Crippen LogP contribution in [0.25, 0.3) is 11.3 Å². The summed E-state index contributed by atoms with van der Waals surface area (Å²) in [5, 5.41) is 4.45. The number of nitrogens with zero attached hydrogens (tertiary/aromatic N) is 2. The standard InChI is InChI=1S/C19H16ClN3O2S/c20-14-2-1-3-16(10-14)25-12-18(24)21-15-6-4-13(5-7-15)17-11-23-8-9-26-19(23)22-17/h1-7,10-11H,8-9,12H2,(H,21,24). The van der Waals surface area contributed by atoms with Crippen LogP contribution in [0.2, 0.25) is 5.02 Å². The summed E-state index contributed by atoms with van der Waals surface area (Å²) in [6.07, 6.45) is 2.07.